The van der Waals surface area contributed by atoms with Crippen molar-refractivity contribution in [3.63, 3.8) is 0 Å². The van der Waals surface area contributed by atoms with Crippen LogP contribution in [0.2, 0.25) is 0 Å². The first-order chi connectivity index (χ1) is 27.7. The fourth-order valence-electron chi connectivity index (χ4n) is 8.34. The topological polar surface area (TPSA) is 18.1 Å². The number of rotatable bonds is 6. The maximum Gasteiger partial charge on any atom is 0.136 e. The van der Waals surface area contributed by atoms with E-state index in [2.05, 4.69) is 205 Å². The van der Waals surface area contributed by atoms with Gasteiger partial charge in [0.1, 0.15) is 11.2 Å². The number of furan rings is 1. The van der Waals surface area contributed by atoms with Gasteiger partial charge in [0.2, 0.25) is 0 Å². The Labute approximate surface area is 325 Å². The van der Waals surface area contributed by atoms with Crippen molar-refractivity contribution in [3.8, 4) is 61.3 Å². The second-order valence-electron chi connectivity index (χ2n) is 14.5. The molecule has 262 valence electrons. The molecular formula is C54H35NO. The largest absolute Gasteiger partial charge is 0.456 e. The summed E-state index contributed by atoms with van der Waals surface area (Å²) in [6.07, 6.45) is 0. The van der Waals surface area contributed by atoms with Crippen LogP contribution in [0.3, 0.4) is 0 Å². The molecule has 0 aliphatic heterocycles. The lowest BCUT2D eigenvalue weighted by Gasteiger charge is -2.11. The molecule has 0 saturated heterocycles. The maximum atomic E-state index is 6.15. The van der Waals surface area contributed by atoms with Gasteiger partial charge in [0, 0.05) is 27.2 Å². The van der Waals surface area contributed by atoms with E-state index in [9.17, 15) is 0 Å². The van der Waals surface area contributed by atoms with E-state index in [0.717, 1.165) is 33.2 Å². The molecule has 11 rings (SSSR count). The normalized spacial score (nSPS) is 11.6. The molecule has 0 saturated carbocycles. The van der Waals surface area contributed by atoms with Crippen molar-refractivity contribution in [2.45, 2.75) is 0 Å². The van der Waals surface area contributed by atoms with E-state index in [1.807, 2.05) is 12.1 Å². The Balaban J connectivity index is 0.894. The summed E-state index contributed by atoms with van der Waals surface area (Å²) in [7, 11) is 0. The fourth-order valence-corrected chi connectivity index (χ4v) is 8.34. The van der Waals surface area contributed by atoms with Crippen molar-refractivity contribution in [1.82, 2.24) is 4.57 Å². The van der Waals surface area contributed by atoms with Gasteiger partial charge in [-0.25, -0.2) is 0 Å². The van der Waals surface area contributed by atoms with Crippen LogP contribution in [0, 0.1) is 0 Å². The lowest BCUT2D eigenvalue weighted by molar-refractivity contribution is 0.669. The minimum absolute atomic E-state index is 0.918. The molecule has 2 nitrogen and oxygen atoms in total. The highest BCUT2D eigenvalue weighted by atomic mass is 16.3. The summed E-state index contributed by atoms with van der Waals surface area (Å²) in [4.78, 5) is 0. The van der Waals surface area contributed by atoms with Gasteiger partial charge in [-0.1, -0.05) is 158 Å². The lowest BCUT2D eigenvalue weighted by atomic mass is 9.97. The monoisotopic (exact) mass is 713 g/mol. The molecule has 2 heterocycles. The SMILES string of the molecule is c1ccc(-c2ccc3c(c2)c2cc(-c4ccccc4)ccc2n3-c2ccc(-c3ccc(-c4ccc(-c5ccc6c(c5)oc5ccccc56)cc4)cc3)cc2)cc1. The molecule has 0 amide bonds. The standard InChI is InChI=1S/C54H35NO/c1-3-9-36(10-4-1)43-26-31-51-49(33-43)50-34-44(37-11-5-2-6-12-37)27-32-52(50)55(51)46-28-23-41(24-29-46)40-17-15-38(16-18-40)39-19-21-42(22-20-39)45-25-30-48-47-13-7-8-14-53(47)56-54(48)35-45/h1-35H. The van der Waals surface area contributed by atoms with Crippen molar-refractivity contribution in [3.05, 3.63) is 212 Å². The molecule has 11 aromatic rings. The first kappa shape index (κ1) is 32.0. The molecule has 0 radical (unpaired) electrons. The van der Waals surface area contributed by atoms with Crippen LogP contribution in [0.1, 0.15) is 0 Å². The molecule has 0 aliphatic rings. The highest BCUT2D eigenvalue weighted by molar-refractivity contribution is 6.12. The number of benzene rings is 9. The van der Waals surface area contributed by atoms with Crippen LogP contribution in [-0.4, -0.2) is 4.57 Å². The van der Waals surface area contributed by atoms with Gasteiger partial charge in [0.15, 0.2) is 0 Å². The molecule has 2 aromatic heterocycles. The lowest BCUT2D eigenvalue weighted by Crippen LogP contribution is -1.94. The predicted octanol–water partition coefficient (Wildman–Crippen LogP) is 15.0. The Morgan fingerprint density at radius 2 is 0.625 bits per heavy atom. The second-order valence-corrected chi connectivity index (χ2v) is 14.5. The van der Waals surface area contributed by atoms with Crippen LogP contribution in [0.15, 0.2) is 217 Å². The molecule has 0 unspecified atom stereocenters. The first-order valence-electron chi connectivity index (χ1n) is 19.2. The molecule has 9 aromatic carbocycles. The smallest absolute Gasteiger partial charge is 0.136 e. The summed E-state index contributed by atoms with van der Waals surface area (Å²) in [5.41, 5.74) is 17.4. The molecule has 0 N–H and O–H groups in total. The summed E-state index contributed by atoms with van der Waals surface area (Å²) in [6, 6.07) is 76.5. The van der Waals surface area contributed by atoms with Gasteiger partial charge >= 0.3 is 0 Å². The third-order valence-corrected chi connectivity index (χ3v) is 11.3. The van der Waals surface area contributed by atoms with E-state index in [4.69, 9.17) is 4.42 Å². The summed E-state index contributed by atoms with van der Waals surface area (Å²) >= 11 is 0. The van der Waals surface area contributed by atoms with E-state index in [1.165, 1.54) is 71.9 Å². The Bertz CT molecular complexity index is 3090. The summed E-state index contributed by atoms with van der Waals surface area (Å²) < 4.78 is 8.55. The number of nitrogens with zero attached hydrogens (tertiary/aromatic N) is 1. The Morgan fingerprint density at radius 3 is 1.16 bits per heavy atom. The van der Waals surface area contributed by atoms with E-state index in [-0.39, 0.29) is 0 Å². The minimum atomic E-state index is 0.918. The molecule has 56 heavy (non-hydrogen) atoms. The van der Waals surface area contributed by atoms with E-state index in [1.54, 1.807) is 0 Å². The van der Waals surface area contributed by atoms with Crippen molar-refractivity contribution in [1.29, 1.82) is 0 Å². The van der Waals surface area contributed by atoms with Gasteiger partial charge in [-0.2, -0.15) is 0 Å². The van der Waals surface area contributed by atoms with Crippen LogP contribution in [0.4, 0.5) is 0 Å². The van der Waals surface area contributed by atoms with Crippen LogP contribution < -0.4 is 0 Å². The summed E-state index contributed by atoms with van der Waals surface area (Å²) in [6.45, 7) is 0. The third-order valence-electron chi connectivity index (χ3n) is 11.3. The molecule has 0 bridgehead atoms. The van der Waals surface area contributed by atoms with Gasteiger partial charge < -0.3 is 8.98 Å². The molecule has 0 atom stereocenters. The minimum Gasteiger partial charge on any atom is -0.456 e. The number of para-hydroxylation sites is 1. The van der Waals surface area contributed by atoms with Crippen LogP contribution in [0.5, 0.6) is 0 Å². The summed E-state index contributed by atoms with van der Waals surface area (Å²) in [5.74, 6) is 0. The van der Waals surface area contributed by atoms with Gasteiger partial charge in [-0.3, -0.25) is 0 Å². The van der Waals surface area contributed by atoms with Crippen molar-refractivity contribution in [2.24, 2.45) is 0 Å². The zero-order valence-corrected chi connectivity index (χ0v) is 30.6. The van der Waals surface area contributed by atoms with Crippen LogP contribution in [0.25, 0.3) is 105 Å². The van der Waals surface area contributed by atoms with E-state index in [0.29, 0.717) is 0 Å². The number of hydrogen-bond acceptors (Lipinski definition) is 1. The van der Waals surface area contributed by atoms with Gasteiger partial charge in [0.25, 0.3) is 0 Å². The fraction of sp³-hybridized carbons (Fsp3) is 0. The van der Waals surface area contributed by atoms with Gasteiger partial charge in [-0.05, 0) is 110 Å². The first-order valence-corrected chi connectivity index (χ1v) is 19.2. The maximum absolute atomic E-state index is 6.15. The Hall–Kier alpha value is -7.42. The quantitative estimate of drug-likeness (QED) is 0.168. The van der Waals surface area contributed by atoms with E-state index < -0.39 is 0 Å². The second kappa shape index (κ2) is 13.2. The van der Waals surface area contributed by atoms with Crippen LogP contribution in [-0.2, 0) is 0 Å². The van der Waals surface area contributed by atoms with Gasteiger partial charge in [0.05, 0.1) is 11.0 Å². The Kier molecular flexibility index (Phi) is 7.53. The highest BCUT2D eigenvalue weighted by Crippen LogP contribution is 2.38. The molecule has 0 aliphatic carbocycles. The number of fused-ring (bicyclic) bond motifs is 6. The molecule has 0 spiro atoms. The van der Waals surface area contributed by atoms with Crippen molar-refractivity contribution < 1.29 is 4.42 Å². The average molecular weight is 714 g/mol. The average Bonchev–Trinajstić information content (AvgIpc) is 3.82. The van der Waals surface area contributed by atoms with Gasteiger partial charge in [-0.15, -0.1) is 0 Å². The number of hydrogen-bond donors (Lipinski definition) is 0. The van der Waals surface area contributed by atoms with Crippen molar-refractivity contribution in [2.75, 3.05) is 0 Å². The highest BCUT2D eigenvalue weighted by Gasteiger charge is 2.15. The van der Waals surface area contributed by atoms with E-state index >= 15 is 0 Å². The third kappa shape index (κ3) is 5.51. The molecule has 2 heteroatoms. The van der Waals surface area contributed by atoms with Crippen molar-refractivity contribution >= 4 is 43.7 Å². The zero-order chi connectivity index (χ0) is 37.0. The zero-order valence-electron chi connectivity index (χ0n) is 30.6. The number of aromatic nitrogens is 1. The summed E-state index contributed by atoms with van der Waals surface area (Å²) in [5, 5.41) is 4.80. The van der Waals surface area contributed by atoms with Crippen LogP contribution >= 0.6 is 0 Å². The Morgan fingerprint density at radius 1 is 0.250 bits per heavy atom. The predicted molar refractivity (Wildman–Crippen MR) is 235 cm³/mol. The molecular weight excluding hydrogens is 679 g/mol. The molecule has 0 fully saturated rings.